The molecule has 1 saturated carbocycles. The smallest absolute Gasteiger partial charge is 0.0775 e. The van der Waals surface area contributed by atoms with Crippen LogP contribution in [0.2, 0.25) is 19.6 Å². The van der Waals surface area contributed by atoms with E-state index in [4.69, 9.17) is 5.73 Å². The number of hydrogen-bond donors (Lipinski definition) is 1. The number of rotatable bonds is 3. The molecule has 3 atom stereocenters. The predicted octanol–water partition coefficient (Wildman–Crippen LogP) is 2.79. The molecule has 0 amide bonds. The van der Waals surface area contributed by atoms with Crippen molar-refractivity contribution in [3.8, 4) is 0 Å². The lowest BCUT2D eigenvalue weighted by Gasteiger charge is -2.29. The van der Waals surface area contributed by atoms with Crippen LogP contribution in [0.25, 0.3) is 0 Å². The van der Waals surface area contributed by atoms with Crippen LogP contribution >= 0.6 is 0 Å². The Balaban J connectivity index is 1.62. The van der Waals surface area contributed by atoms with Crippen molar-refractivity contribution in [2.75, 3.05) is 13.1 Å². The Hall–Kier alpha value is -0.643. The van der Waals surface area contributed by atoms with Gasteiger partial charge < -0.3 is 5.73 Å². The zero-order valence-electron chi connectivity index (χ0n) is 13.8. The predicted molar refractivity (Wildman–Crippen MR) is 93.5 cm³/mol. The lowest BCUT2D eigenvalue weighted by Crippen LogP contribution is -2.38. The van der Waals surface area contributed by atoms with Gasteiger partial charge in [-0.05, 0) is 30.2 Å². The molecule has 116 valence electrons. The Morgan fingerprint density at radius 1 is 1.10 bits per heavy atom. The minimum absolute atomic E-state index is 0.447. The van der Waals surface area contributed by atoms with E-state index in [-0.39, 0.29) is 0 Å². The molecule has 3 heteroatoms. The molecule has 2 aliphatic rings. The lowest BCUT2D eigenvalue weighted by molar-refractivity contribution is 0.259. The number of hydrogen-bond acceptors (Lipinski definition) is 2. The van der Waals surface area contributed by atoms with Crippen molar-refractivity contribution in [3.63, 3.8) is 0 Å². The first kappa shape index (κ1) is 15.3. The molecule has 2 fully saturated rings. The first-order valence-electron chi connectivity index (χ1n) is 8.51. The summed E-state index contributed by atoms with van der Waals surface area (Å²) >= 11 is 0. The van der Waals surface area contributed by atoms with E-state index >= 15 is 0 Å². The summed E-state index contributed by atoms with van der Waals surface area (Å²) in [6.45, 7) is 10.8. The maximum Gasteiger partial charge on any atom is 0.0775 e. The second-order valence-electron chi connectivity index (χ2n) is 8.16. The Bertz CT molecular complexity index is 477. The van der Waals surface area contributed by atoms with E-state index in [0.717, 1.165) is 18.4 Å². The van der Waals surface area contributed by atoms with Crippen LogP contribution in [0, 0.1) is 11.8 Å². The molecule has 21 heavy (non-hydrogen) atoms. The minimum Gasteiger partial charge on any atom is -0.327 e. The van der Waals surface area contributed by atoms with E-state index in [0.29, 0.717) is 6.04 Å². The molecule has 0 bridgehead atoms. The average molecular weight is 303 g/mol. The number of likely N-dealkylation sites (tertiary alicyclic amines) is 1. The van der Waals surface area contributed by atoms with Crippen molar-refractivity contribution >= 4 is 13.3 Å². The summed E-state index contributed by atoms with van der Waals surface area (Å²) in [5.41, 5.74) is 7.78. The standard InChI is InChI=1S/C18H30N2Si/c1-21(2,3)16-9-7-14(8-10-16)11-20-12-15-5-4-6-18(19)17(15)13-20/h7-10,15,17-18H,4-6,11-13,19H2,1-3H3. The first-order chi connectivity index (χ1) is 9.93. The maximum atomic E-state index is 6.32. The molecule has 1 aromatic rings. The number of nitrogens with zero attached hydrogens (tertiary/aromatic N) is 1. The summed E-state index contributed by atoms with van der Waals surface area (Å²) in [5.74, 6) is 1.61. The zero-order chi connectivity index (χ0) is 15.0. The second-order valence-corrected chi connectivity index (χ2v) is 13.2. The minimum atomic E-state index is -1.17. The van der Waals surface area contributed by atoms with Crippen LogP contribution in [0.4, 0.5) is 0 Å². The van der Waals surface area contributed by atoms with Gasteiger partial charge in [0, 0.05) is 25.7 Å². The van der Waals surface area contributed by atoms with E-state index in [1.54, 1.807) is 5.19 Å². The largest absolute Gasteiger partial charge is 0.327 e. The molecule has 0 aromatic heterocycles. The van der Waals surface area contributed by atoms with Crippen molar-refractivity contribution in [2.45, 2.75) is 51.5 Å². The van der Waals surface area contributed by atoms with Crippen molar-refractivity contribution in [3.05, 3.63) is 29.8 Å². The Morgan fingerprint density at radius 3 is 2.43 bits per heavy atom. The van der Waals surface area contributed by atoms with Crippen LogP contribution in [-0.4, -0.2) is 32.1 Å². The van der Waals surface area contributed by atoms with Crippen LogP contribution in [0.15, 0.2) is 24.3 Å². The van der Waals surface area contributed by atoms with E-state index < -0.39 is 8.07 Å². The zero-order valence-corrected chi connectivity index (χ0v) is 14.8. The topological polar surface area (TPSA) is 29.3 Å². The van der Waals surface area contributed by atoms with Gasteiger partial charge in [-0.25, -0.2) is 0 Å². The van der Waals surface area contributed by atoms with Crippen LogP contribution in [0.5, 0.6) is 0 Å². The number of benzene rings is 1. The number of nitrogens with two attached hydrogens (primary N) is 1. The average Bonchev–Trinajstić information content (AvgIpc) is 2.82. The summed E-state index contributed by atoms with van der Waals surface area (Å²) in [6.07, 6.45) is 3.96. The molecule has 0 radical (unpaired) electrons. The summed E-state index contributed by atoms with van der Waals surface area (Å²) < 4.78 is 0. The monoisotopic (exact) mass is 302 g/mol. The Labute approximate surface area is 130 Å². The van der Waals surface area contributed by atoms with E-state index in [1.807, 2.05) is 0 Å². The van der Waals surface area contributed by atoms with Gasteiger partial charge in [0.15, 0.2) is 0 Å². The summed E-state index contributed by atoms with van der Waals surface area (Å²) in [5, 5.41) is 1.56. The molecule has 1 saturated heterocycles. The third-order valence-electron chi connectivity index (χ3n) is 5.46. The highest BCUT2D eigenvalue weighted by Crippen LogP contribution is 2.35. The van der Waals surface area contributed by atoms with Crippen molar-refractivity contribution in [1.29, 1.82) is 0 Å². The van der Waals surface area contributed by atoms with Gasteiger partial charge in [-0.15, -0.1) is 0 Å². The van der Waals surface area contributed by atoms with Gasteiger partial charge in [0.25, 0.3) is 0 Å². The number of fused-ring (bicyclic) bond motifs is 1. The van der Waals surface area contributed by atoms with E-state index in [1.165, 1.54) is 37.9 Å². The third kappa shape index (κ3) is 3.41. The van der Waals surface area contributed by atoms with Gasteiger partial charge >= 0.3 is 0 Å². The SMILES string of the molecule is C[Si](C)(C)c1ccc(CN2CC3CCCC(N)C3C2)cc1. The first-order valence-corrected chi connectivity index (χ1v) is 12.0. The molecule has 1 aliphatic carbocycles. The fraction of sp³-hybridized carbons (Fsp3) is 0.667. The fourth-order valence-electron chi connectivity index (χ4n) is 4.11. The molecular weight excluding hydrogens is 272 g/mol. The molecule has 1 heterocycles. The molecule has 1 aliphatic heterocycles. The van der Waals surface area contributed by atoms with Crippen LogP contribution < -0.4 is 10.9 Å². The summed E-state index contributed by atoms with van der Waals surface area (Å²) in [7, 11) is -1.17. The molecule has 3 unspecified atom stereocenters. The summed E-state index contributed by atoms with van der Waals surface area (Å²) in [6, 6.07) is 9.85. The van der Waals surface area contributed by atoms with Gasteiger partial charge in [-0.3, -0.25) is 4.90 Å². The summed E-state index contributed by atoms with van der Waals surface area (Å²) in [4.78, 5) is 2.63. The van der Waals surface area contributed by atoms with Gasteiger partial charge in [-0.1, -0.05) is 55.5 Å². The molecule has 2 nitrogen and oxygen atoms in total. The molecule has 0 spiro atoms. The highest BCUT2D eigenvalue weighted by atomic mass is 28.3. The molecule has 2 N–H and O–H groups in total. The highest BCUT2D eigenvalue weighted by Gasteiger charge is 2.38. The van der Waals surface area contributed by atoms with E-state index in [2.05, 4.69) is 48.8 Å². The van der Waals surface area contributed by atoms with E-state index in [9.17, 15) is 0 Å². The lowest BCUT2D eigenvalue weighted by atomic mass is 9.78. The van der Waals surface area contributed by atoms with Crippen LogP contribution in [0.1, 0.15) is 24.8 Å². The molecule has 3 rings (SSSR count). The van der Waals surface area contributed by atoms with Crippen LogP contribution in [-0.2, 0) is 6.54 Å². The third-order valence-corrected chi connectivity index (χ3v) is 7.52. The van der Waals surface area contributed by atoms with Crippen LogP contribution in [0.3, 0.4) is 0 Å². The normalized spacial score (nSPS) is 30.4. The van der Waals surface area contributed by atoms with Gasteiger partial charge in [0.2, 0.25) is 0 Å². The van der Waals surface area contributed by atoms with Crippen molar-refractivity contribution in [2.24, 2.45) is 17.6 Å². The maximum absolute atomic E-state index is 6.32. The molecule has 1 aromatic carbocycles. The second kappa shape index (κ2) is 5.86. The van der Waals surface area contributed by atoms with Crippen molar-refractivity contribution in [1.82, 2.24) is 4.90 Å². The Morgan fingerprint density at radius 2 is 1.81 bits per heavy atom. The fourth-order valence-corrected chi connectivity index (χ4v) is 5.27. The van der Waals surface area contributed by atoms with Crippen molar-refractivity contribution < 1.29 is 0 Å². The van der Waals surface area contributed by atoms with Gasteiger partial charge in [-0.2, -0.15) is 0 Å². The van der Waals surface area contributed by atoms with Gasteiger partial charge in [0.05, 0.1) is 8.07 Å². The van der Waals surface area contributed by atoms with Gasteiger partial charge in [0.1, 0.15) is 0 Å². The Kier molecular flexibility index (Phi) is 4.26. The quantitative estimate of drug-likeness (QED) is 0.870. The molecular formula is C18H30N2Si. The highest BCUT2D eigenvalue weighted by molar-refractivity contribution is 6.88.